The smallest absolute Gasteiger partial charge is 0.107 e. The molecule has 2 rings (SSSR count). The highest BCUT2D eigenvalue weighted by molar-refractivity contribution is 7.11. The Morgan fingerprint density at radius 2 is 2.05 bits per heavy atom. The molecule has 1 atom stereocenters. The van der Waals surface area contributed by atoms with Crippen molar-refractivity contribution in [2.75, 3.05) is 0 Å². The van der Waals surface area contributed by atoms with Gasteiger partial charge >= 0.3 is 0 Å². The highest BCUT2D eigenvalue weighted by Gasteiger charge is 2.17. The molecule has 0 saturated carbocycles. The molecule has 1 unspecified atom stereocenters. The zero-order chi connectivity index (χ0) is 14.8. The summed E-state index contributed by atoms with van der Waals surface area (Å²) < 4.78 is 0. The van der Waals surface area contributed by atoms with Gasteiger partial charge in [0.1, 0.15) is 5.01 Å². The van der Waals surface area contributed by atoms with Crippen LogP contribution in [0.15, 0.2) is 17.5 Å². The van der Waals surface area contributed by atoms with Crippen molar-refractivity contribution < 1.29 is 0 Å². The number of aryl methyl sites for hydroxylation is 1. The molecule has 2 heterocycles. The molecule has 20 heavy (non-hydrogen) atoms. The van der Waals surface area contributed by atoms with Crippen LogP contribution in [0.3, 0.4) is 0 Å². The summed E-state index contributed by atoms with van der Waals surface area (Å²) in [7, 11) is 0. The number of nitrogens with zero attached hydrogens (tertiary/aromatic N) is 1. The van der Waals surface area contributed by atoms with Gasteiger partial charge in [-0.1, -0.05) is 20.8 Å². The summed E-state index contributed by atoms with van der Waals surface area (Å²) in [4.78, 5) is 7.57. The number of aromatic nitrogens is 1. The van der Waals surface area contributed by atoms with Gasteiger partial charge in [0, 0.05) is 33.1 Å². The van der Waals surface area contributed by atoms with Crippen LogP contribution >= 0.6 is 22.7 Å². The molecule has 0 bridgehead atoms. The van der Waals surface area contributed by atoms with Crippen molar-refractivity contribution in [1.29, 1.82) is 0 Å². The monoisotopic (exact) mass is 308 g/mol. The molecule has 4 heteroatoms. The maximum Gasteiger partial charge on any atom is 0.107 e. The van der Waals surface area contributed by atoms with Crippen molar-refractivity contribution in [2.45, 2.75) is 59.0 Å². The van der Waals surface area contributed by atoms with Gasteiger partial charge in [-0.25, -0.2) is 4.98 Å². The van der Waals surface area contributed by atoms with Crippen molar-refractivity contribution in [3.8, 4) is 0 Å². The maximum absolute atomic E-state index is 4.72. The van der Waals surface area contributed by atoms with E-state index in [1.54, 1.807) is 11.3 Å². The fraction of sp³-hybridized carbons (Fsp3) is 0.562. The lowest BCUT2D eigenvalue weighted by molar-refractivity contribution is 0.539. The van der Waals surface area contributed by atoms with Gasteiger partial charge in [0.05, 0.1) is 5.69 Å². The van der Waals surface area contributed by atoms with E-state index < -0.39 is 0 Å². The summed E-state index contributed by atoms with van der Waals surface area (Å²) in [6.45, 7) is 11.9. The molecular formula is C16H24N2S2. The lowest BCUT2D eigenvalue weighted by Gasteiger charge is -2.14. The SMILES string of the molecule is Cc1ccc(CC(C)NCc2nc(C(C)(C)C)cs2)s1. The Balaban J connectivity index is 1.84. The van der Waals surface area contributed by atoms with E-state index in [0.29, 0.717) is 6.04 Å². The van der Waals surface area contributed by atoms with Crippen molar-refractivity contribution in [3.05, 3.63) is 38.0 Å². The number of thiazole rings is 1. The first kappa shape index (κ1) is 15.7. The van der Waals surface area contributed by atoms with E-state index in [4.69, 9.17) is 4.98 Å². The van der Waals surface area contributed by atoms with E-state index in [2.05, 4.69) is 57.4 Å². The second-order valence-corrected chi connectivity index (χ2v) is 8.69. The summed E-state index contributed by atoms with van der Waals surface area (Å²) in [5.41, 5.74) is 1.34. The Kier molecular flexibility index (Phi) is 4.99. The Morgan fingerprint density at radius 3 is 2.60 bits per heavy atom. The number of nitrogens with one attached hydrogen (secondary N) is 1. The molecule has 2 aromatic heterocycles. The average molecular weight is 309 g/mol. The molecule has 110 valence electrons. The van der Waals surface area contributed by atoms with Gasteiger partial charge in [0.25, 0.3) is 0 Å². The summed E-state index contributed by atoms with van der Waals surface area (Å²) in [6.07, 6.45) is 1.09. The highest BCUT2D eigenvalue weighted by atomic mass is 32.1. The van der Waals surface area contributed by atoms with Crippen LogP contribution in [0.4, 0.5) is 0 Å². The van der Waals surface area contributed by atoms with E-state index in [1.807, 2.05) is 11.3 Å². The number of thiophene rings is 1. The minimum atomic E-state index is 0.148. The standard InChI is InChI=1S/C16H24N2S2/c1-11(8-13-7-6-12(2)20-13)17-9-15-18-14(10-19-15)16(3,4)5/h6-7,10-11,17H,8-9H2,1-5H3. The van der Waals surface area contributed by atoms with Crippen LogP contribution in [0.2, 0.25) is 0 Å². The lowest BCUT2D eigenvalue weighted by atomic mass is 9.93. The molecule has 0 aliphatic carbocycles. The second-order valence-electron chi connectivity index (χ2n) is 6.37. The van der Waals surface area contributed by atoms with E-state index in [0.717, 1.165) is 13.0 Å². The van der Waals surface area contributed by atoms with Crippen LogP contribution in [0, 0.1) is 6.92 Å². The lowest BCUT2D eigenvalue weighted by Crippen LogP contribution is -2.27. The molecule has 0 aliphatic rings. The molecule has 2 nitrogen and oxygen atoms in total. The first-order valence-electron chi connectivity index (χ1n) is 7.08. The predicted octanol–water partition coefficient (Wildman–Crippen LogP) is 4.53. The first-order valence-corrected chi connectivity index (χ1v) is 8.78. The third kappa shape index (κ3) is 4.40. The predicted molar refractivity (Wildman–Crippen MR) is 89.9 cm³/mol. The molecule has 2 aromatic rings. The molecule has 1 N–H and O–H groups in total. The Hall–Kier alpha value is -0.710. The minimum absolute atomic E-state index is 0.148. The van der Waals surface area contributed by atoms with Gasteiger partial charge in [-0.15, -0.1) is 22.7 Å². The first-order chi connectivity index (χ1) is 9.34. The summed E-state index contributed by atoms with van der Waals surface area (Å²) in [5.74, 6) is 0. The molecule has 0 spiro atoms. The van der Waals surface area contributed by atoms with Crippen LogP contribution in [0.25, 0.3) is 0 Å². The molecular weight excluding hydrogens is 284 g/mol. The average Bonchev–Trinajstić information content (AvgIpc) is 2.95. The van der Waals surface area contributed by atoms with Crippen LogP contribution in [-0.4, -0.2) is 11.0 Å². The van der Waals surface area contributed by atoms with Gasteiger partial charge in [0.15, 0.2) is 0 Å². The largest absolute Gasteiger partial charge is 0.308 e. The van der Waals surface area contributed by atoms with Crippen molar-refractivity contribution in [1.82, 2.24) is 10.3 Å². The minimum Gasteiger partial charge on any atom is -0.308 e. The second kappa shape index (κ2) is 6.37. The molecule has 0 aliphatic heterocycles. The molecule has 0 aromatic carbocycles. The Morgan fingerprint density at radius 1 is 1.30 bits per heavy atom. The van der Waals surface area contributed by atoms with Gasteiger partial charge in [0.2, 0.25) is 0 Å². The fourth-order valence-corrected chi connectivity index (χ4v) is 3.96. The third-order valence-corrected chi connectivity index (χ3v) is 5.10. The van der Waals surface area contributed by atoms with Crippen LogP contribution in [-0.2, 0) is 18.4 Å². The number of hydrogen-bond acceptors (Lipinski definition) is 4. The summed E-state index contributed by atoms with van der Waals surface area (Å²) >= 11 is 3.65. The number of rotatable bonds is 5. The van der Waals surface area contributed by atoms with E-state index >= 15 is 0 Å². The van der Waals surface area contributed by atoms with E-state index in [9.17, 15) is 0 Å². The normalized spacial score (nSPS) is 13.7. The van der Waals surface area contributed by atoms with Gasteiger partial charge in [-0.05, 0) is 32.4 Å². The Bertz CT molecular complexity index is 549. The van der Waals surface area contributed by atoms with Gasteiger partial charge in [-0.3, -0.25) is 0 Å². The van der Waals surface area contributed by atoms with E-state index in [-0.39, 0.29) is 5.41 Å². The van der Waals surface area contributed by atoms with Crippen molar-refractivity contribution in [2.24, 2.45) is 0 Å². The van der Waals surface area contributed by atoms with Crippen LogP contribution in [0.5, 0.6) is 0 Å². The molecule has 0 amide bonds. The highest BCUT2D eigenvalue weighted by Crippen LogP contribution is 2.24. The van der Waals surface area contributed by atoms with E-state index in [1.165, 1.54) is 20.5 Å². The van der Waals surface area contributed by atoms with Crippen LogP contribution in [0.1, 0.15) is 48.2 Å². The van der Waals surface area contributed by atoms with Gasteiger partial charge in [-0.2, -0.15) is 0 Å². The zero-order valence-electron chi connectivity index (χ0n) is 13.0. The summed E-state index contributed by atoms with van der Waals surface area (Å²) in [5, 5.41) is 6.95. The summed E-state index contributed by atoms with van der Waals surface area (Å²) in [6, 6.07) is 4.91. The Labute approximate surface area is 130 Å². The molecule has 0 saturated heterocycles. The zero-order valence-corrected chi connectivity index (χ0v) is 14.6. The van der Waals surface area contributed by atoms with Crippen molar-refractivity contribution >= 4 is 22.7 Å². The quantitative estimate of drug-likeness (QED) is 0.877. The molecule has 0 fully saturated rings. The van der Waals surface area contributed by atoms with Crippen LogP contribution < -0.4 is 5.32 Å². The fourth-order valence-electron chi connectivity index (χ4n) is 1.97. The van der Waals surface area contributed by atoms with Crippen molar-refractivity contribution in [3.63, 3.8) is 0 Å². The van der Waals surface area contributed by atoms with Gasteiger partial charge < -0.3 is 5.32 Å². The molecule has 0 radical (unpaired) electrons. The maximum atomic E-state index is 4.72. The third-order valence-electron chi connectivity index (χ3n) is 3.23. The number of hydrogen-bond donors (Lipinski definition) is 1. The topological polar surface area (TPSA) is 24.9 Å².